The molecule has 0 bridgehead atoms. The lowest BCUT2D eigenvalue weighted by Crippen LogP contribution is -3.13. The van der Waals surface area contributed by atoms with Crippen LogP contribution in [0.1, 0.15) is 16.1 Å². The highest BCUT2D eigenvalue weighted by atomic mass is 16.6. The van der Waals surface area contributed by atoms with Gasteiger partial charge in [-0.3, -0.25) is 14.9 Å². The molecule has 1 saturated heterocycles. The van der Waals surface area contributed by atoms with Crippen LogP contribution in [0.3, 0.4) is 0 Å². The molecule has 0 saturated carbocycles. The topological polar surface area (TPSA) is 81.0 Å². The van der Waals surface area contributed by atoms with Gasteiger partial charge in [0.1, 0.15) is 6.54 Å². The molecule has 1 fully saturated rings. The van der Waals surface area contributed by atoms with Crippen molar-refractivity contribution in [2.24, 2.45) is 0 Å². The third kappa shape index (κ3) is 3.57. The van der Waals surface area contributed by atoms with Crippen molar-refractivity contribution in [1.82, 2.24) is 4.90 Å². The lowest BCUT2D eigenvalue weighted by molar-refractivity contribution is -0.917. The van der Waals surface area contributed by atoms with Crippen molar-refractivity contribution >= 4 is 11.6 Å². The molecule has 1 aromatic heterocycles. The van der Waals surface area contributed by atoms with E-state index in [1.54, 1.807) is 29.2 Å². The Labute approximate surface area is 133 Å². The fraction of sp³-hybridized carbons (Fsp3) is 0.312. The zero-order valence-corrected chi connectivity index (χ0v) is 12.6. The van der Waals surface area contributed by atoms with E-state index in [2.05, 4.69) is 0 Å². The van der Waals surface area contributed by atoms with Crippen LogP contribution in [0.15, 0.2) is 47.1 Å². The number of nitro benzene ring substituents is 1. The third-order valence-electron chi connectivity index (χ3n) is 4.07. The molecule has 1 N–H and O–H groups in total. The van der Waals surface area contributed by atoms with E-state index in [1.807, 2.05) is 6.07 Å². The fourth-order valence-electron chi connectivity index (χ4n) is 2.83. The van der Waals surface area contributed by atoms with Crippen LogP contribution in [0.5, 0.6) is 0 Å². The Balaban J connectivity index is 1.56. The number of rotatable bonds is 4. The molecule has 0 unspecified atom stereocenters. The minimum absolute atomic E-state index is 0.0793. The number of furan rings is 1. The lowest BCUT2D eigenvalue weighted by atomic mass is 10.1. The number of non-ortho nitro benzene ring substituents is 1. The molecule has 0 aliphatic carbocycles. The summed E-state index contributed by atoms with van der Waals surface area (Å²) in [7, 11) is 0. The highest BCUT2D eigenvalue weighted by Gasteiger charge is 2.26. The summed E-state index contributed by atoms with van der Waals surface area (Å²) in [6.07, 6.45) is 1.50. The van der Waals surface area contributed by atoms with Crippen molar-refractivity contribution in [1.29, 1.82) is 0 Å². The van der Waals surface area contributed by atoms with Crippen molar-refractivity contribution < 1.29 is 19.0 Å². The normalized spacial score (nSPS) is 15.6. The van der Waals surface area contributed by atoms with E-state index in [1.165, 1.54) is 17.2 Å². The summed E-state index contributed by atoms with van der Waals surface area (Å²) in [6.45, 7) is 3.67. The van der Waals surface area contributed by atoms with Crippen molar-refractivity contribution in [3.63, 3.8) is 0 Å². The molecular weight excluding hydrogens is 298 g/mol. The lowest BCUT2D eigenvalue weighted by Gasteiger charge is -2.31. The minimum Gasteiger partial charge on any atom is -0.459 e. The van der Waals surface area contributed by atoms with Gasteiger partial charge in [0, 0.05) is 17.7 Å². The number of quaternary nitrogens is 1. The zero-order valence-electron chi connectivity index (χ0n) is 12.6. The number of nitrogens with zero attached hydrogens (tertiary/aromatic N) is 2. The van der Waals surface area contributed by atoms with Gasteiger partial charge >= 0.3 is 0 Å². The first-order valence-corrected chi connectivity index (χ1v) is 7.53. The van der Waals surface area contributed by atoms with Gasteiger partial charge in [0.25, 0.3) is 11.6 Å². The molecule has 1 aliphatic rings. The predicted octanol–water partition coefficient (Wildman–Crippen LogP) is 0.729. The number of carbonyl (C=O) groups excluding carboxylic acids is 1. The molecule has 7 heteroatoms. The van der Waals surface area contributed by atoms with Gasteiger partial charge in [-0.1, -0.05) is 12.1 Å². The summed E-state index contributed by atoms with van der Waals surface area (Å²) in [5, 5.41) is 10.8. The molecule has 1 aliphatic heterocycles. The van der Waals surface area contributed by atoms with Crippen molar-refractivity contribution in [3.05, 3.63) is 64.1 Å². The van der Waals surface area contributed by atoms with Crippen molar-refractivity contribution in [3.8, 4) is 0 Å². The average Bonchev–Trinajstić information content (AvgIpc) is 3.09. The van der Waals surface area contributed by atoms with Crippen LogP contribution in [0.25, 0.3) is 0 Å². The van der Waals surface area contributed by atoms with Crippen LogP contribution < -0.4 is 4.90 Å². The van der Waals surface area contributed by atoms with E-state index in [9.17, 15) is 14.9 Å². The first-order chi connectivity index (χ1) is 11.1. The van der Waals surface area contributed by atoms with Gasteiger partial charge < -0.3 is 14.2 Å². The Morgan fingerprint density at radius 1 is 1.26 bits per heavy atom. The molecule has 7 nitrogen and oxygen atoms in total. The van der Waals surface area contributed by atoms with Crippen LogP contribution in [-0.2, 0) is 6.54 Å². The predicted molar refractivity (Wildman–Crippen MR) is 82.1 cm³/mol. The van der Waals surface area contributed by atoms with Crippen molar-refractivity contribution in [2.75, 3.05) is 26.2 Å². The second-order valence-electron chi connectivity index (χ2n) is 5.62. The summed E-state index contributed by atoms with van der Waals surface area (Å²) >= 11 is 0. The molecule has 23 heavy (non-hydrogen) atoms. The number of hydrogen-bond donors (Lipinski definition) is 1. The summed E-state index contributed by atoms with van der Waals surface area (Å²) in [6, 6.07) is 10.1. The Kier molecular flexibility index (Phi) is 4.38. The fourth-order valence-corrected chi connectivity index (χ4v) is 2.83. The van der Waals surface area contributed by atoms with Crippen LogP contribution in [-0.4, -0.2) is 41.9 Å². The van der Waals surface area contributed by atoms with E-state index in [-0.39, 0.29) is 16.5 Å². The maximum Gasteiger partial charge on any atom is 0.289 e. The number of nitro groups is 1. The Bertz CT molecular complexity index is 691. The van der Waals surface area contributed by atoms with Gasteiger partial charge in [0.2, 0.25) is 0 Å². The summed E-state index contributed by atoms with van der Waals surface area (Å²) < 4.78 is 5.14. The maximum atomic E-state index is 12.2. The van der Waals surface area contributed by atoms with E-state index in [0.29, 0.717) is 18.8 Å². The SMILES string of the molecule is O=C(c1ccco1)N1CC[NH+](Cc2cccc([N+](=O)[O-])c2)CC1. The minimum atomic E-state index is -0.376. The highest BCUT2D eigenvalue weighted by Crippen LogP contribution is 2.12. The van der Waals surface area contributed by atoms with Crippen LogP contribution in [0.2, 0.25) is 0 Å². The van der Waals surface area contributed by atoms with Gasteiger partial charge in [0.15, 0.2) is 5.76 Å². The quantitative estimate of drug-likeness (QED) is 0.666. The van der Waals surface area contributed by atoms with Crippen molar-refractivity contribution in [2.45, 2.75) is 6.54 Å². The number of benzene rings is 1. The summed E-state index contributed by atoms with van der Waals surface area (Å²) in [5.41, 5.74) is 1.06. The first kappa shape index (κ1) is 15.2. The standard InChI is InChI=1S/C16H17N3O4/c20-16(15-5-2-10-23-15)18-8-6-17(7-9-18)12-13-3-1-4-14(11-13)19(21)22/h1-5,10-11H,6-9,12H2/p+1. The number of piperazine rings is 1. The third-order valence-corrected chi connectivity index (χ3v) is 4.07. The van der Waals surface area contributed by atoms with Crippen LogP contribution >= 0.6 is 0 Å². The van der Waals surface area contributed by atoms with Gasteiger partial charge in [-0.05, 0) is 12.1 Å². The molecular formula is C16H18N3O4+. The first-order valence-electron chi connectivity index (χ1n) is 7.53. The number of carbonyl (C=O) groups is 1. The highest BCUT2D eigenvalue weighted by molar-refractivity contribution is 5.91. The molecule has 0 atom stereocenters. The van der Waals surface area contributed by atoms with Gasteiger partial charge in [-0.2, -0.15) is 0 Å². The number of hydrogen-bond acceptors (Lipinski definition) is 4. The Hall–Kier alpha value is -2.67. The molecule has 1 amide bonds. The molecule has 120 valence electrons. The number of amides is 1. The van der Waals surface area contributed by atoms with Crippen LogP contribution in [0, 0.1) is 10.1 Å². The summed E-state index contributed by atoms with van der Waals surface area (Å²) in [5.74, 6) is 0.288. The van der Waals surface area contributed by atoms with E-state index < -0.39 is 0 Å². The Morgan fingerprint density at radius 3 is 2.70 bits per heavy atom. The zero-order chi connectivity index (χ0) is 16.2. The molecule has 0 radical (unpaired) electrons. The maximum absolute atomic E-state index is 12.2. The van der Waals surface area contributed by atoms with E-state index >= 15 is 0 Å². The molecule has 1 aromatic carbocycles. The smallest absolute Gasteiger partial charge is 0.289 e. The monoisotopic (exact) mass is 316 g/mol. The molecule has 3 rings (SSSR count). The molecule has 0 spiro atoms. The number of nitrogens with one attached hydrogen (secondary N) is 1. The molecule has 2 aromatic rings. The van der Waals surface area contributed by atoms with Gasteiger partial charge in [-0.25, -0.2) is 0 Å². The van der Waals surface area contributed by atoms with Crippen LogP contribution in [0.4, 0.5) is 5.69 Å². The van der Waals surface area contributed by atoms with Gasteiger partial charge in [-0.15, -0.1) is 0 Å². The summed E-state index contributed by atoms with van der Waals surface area (Å²) in [4.78, 5) is 25.7. The second-order valence-corrected chi connectivity index (χ2v) is 5.62. The van der Waals surface area contributed by atoms with E-state index in [4.69, 9.17) is 4.42 Å². The second kappa shape index (κ2) is 6.62. The van der Waals surface area contributed by atoms with Gasteiger partial charge in [0.05, 0.1) is 37.4 Å². The Morgan fingerprint density at radius 2 is 2.04 bits per heavy atom. The molecule has 2 heterocycles. The van der Waals surface area contributed by atoms with E-state index in [0.717, 1.165) is 25.2 Å². The average molecular weight is 316 g/mol. The largest absolute Gasteiger partial charge is 0.459 e.